The number of nitrogens with one attached hydrogen (secondary N) is 2. The fourth-order valence-electron chi connectivity index (χ4n) is 2.51. The van der Waals surface area contributed by atoms with Crippen molar-refractivity contribution >= 4 is 18.3 Å². The number of piperidine rings is 1. The largest absolute Gasteiger partial charge is 0.348 e. The molecule has 2 N–H and O–H groups in total. The van der Waals surface area contributed by atoms with Crippen LogP contribution < -0.4 is 10.6 Å². The van der Waals surface area contributed by atoms with Crippen molar-refractivity contribution in [2.45, 2.75) is 18.9 Å². The van der Waals surface area contributed by atoms with E-state index < -0.39 is 0 Å². The lowest BCUT2D eigenvalue weighted by atomic mass is 10.1. The van der Waals surface area contributed by atoms with Gasteiger partial charge in [0, 0.05) is 25.0 Å². The van der Waals surface area contributed by atoms with Crippen molar-refractivity contribution in [2.75, 3.05) is 13.1 Å². The van der Waals surface area contributed by atoms with Crippen LogP contribution in [0.2, 0.25) is 0 Å². The number of hydrogen-bond donors (Lipinski definition) is 2. The summed E-state index contributed by atoms with van der Waals surface area (Å²) in [6.45, 7) is 1.88. The quantitative estimate of drug-likeness (QED) is 0.909. The van der Waals surface area contributed by atoms with Crippen LogP contribution in [0.1, 0.15) is 23.2 Å². The predicted molar refractivity (Wildman–Crippen MR) is 84.2 cm³/mol. The van der Waals surface area contributed by atoms with Crippen LogP contribution in [-0.4, -0.2) is 34.8 Å². The zero-order chi connectivity index (χ0) is 13.8. The monoisotopic (exact) mass is 306 g/mol. The van der Waals surface area contributed by atoms with E-state index >= 15 is 0 Å². The number of halogens is 1. The summed E-state index contributed by atoms with van der Waals surface area (Å²) in [5.74, 6) is -0.0372. The van der Waals surface area contributed by atoms with Gasteiger partial charge in [0.15, 0.2) is 0 Å². The topological polar surface area (TPSA) is 59.0 Å². The number of benzene rings is 1. The Morgan fingerprint density at radius 2 is 2.19 bits per heavy atom. The third kappa shape index (κ3) is 3.62. The van der Waals surface area contributed by atoms with Crippen molar-refractivity contribution in [1.29, 1.82) is 0 Å². The van der Waals surface area contributed by atoms with Crippen LogP contribution in [0.15, 0.2) is 42.7 Å². The molecule has 1 amide bonds. The molecule has 1 aromatic carbocycles. The number of hydrogen-bond acceptors (Lipinski definition) is 3. The van der Waals surface area contributed by atoms with Gasteiger partial charge in [0.2, 0.25) is 0 Å². The highest BCUT2D eigenvalue weighted by Gasteiger charge is 2.18. The molecular formula is C15H19ClN4O. The molecule has 3 rings (SSSR count). The molecule has 2 heterocycles. The summed E-state index contributed by atoms with van der Waals surface area (Å²) in [7, 11) is 0. The van der Waals surface area contributed by atoms with E-state index in [-0.39, 0.29) is 24.4 Å². The predicted octanol–water partition coefficient (Wildman–Crippen LogP) is 1.78. The minimum atomic E-state index is -0.0372. The van der Waals surface area contributed by atoms with Gasteiger partial charge in [-0.1, -0.05) is 12.1 Å². The molecule has 1 atom stereocenters. The molecule has 0 unspecified atom stereocenters. The standard InChI is InChI=1S/C15H18N4O.ClH/c20-15(18-12-5-3-8-16-11-12)13-6-1-2-7-14(13)19-10-4-9-17-19;/h1-2,4,6-7,9-10,12,16H,3,5,8,11H2,(H,18,20);1H/t12-;/m0./s1. The van der Waals surface area contributed by atoms with E-state index in [1.807, 2.05) is 36.5 Å². The number of carbonyl (C=O) groups excluding carboxylic acids is 1. The Labute approximate surface area is 130 Å². The first-order valence-electron chi connectivity index (χ1n) is 6.95. The summed E-state index contributed by atoms with van der Waals surface area (Å²) < 4.78 is 1.72. The molecule has 5 nitrogen and oxygen atoms in total. The van der Waals surface area contributed by atoms with Gasteiger partial charge in [-0.05, 0) is 37.6 Å². The minimum absolute atomic E-state index is 0. The van der Waals surface area contributed by atoms with Gasteiger partial charge in [-0.25, -0.2) is 4.68 Å². The summed E-state index contributed by atoms with van der Waals surface area (Å²) in [6, 6.07) is 9.59. The van der Waals surface area contributed by atoms with E-state index in [1.54, 1.807) is 10.9 Å². The zero-order valence-corrected chi connectivity index (χ0v) is 12.5. The van der Waals surface area contributed by atoms with Gasteiger partial charge in [-0.15, -0.1) is 12.4 Å². The van der Waals surface area contributed by atoms with Gasteiger partial charge in [0.1, 0.15) is 0 Å². The Morgan fingerprint density at radius 1 is 1.33 bits per heavy atom. The van der Waals surface area contributed by atoms with Crippen molar-refractivity contribution in [3.63, 3.8) is 0 Å². The molecule has 1 aliphatic heterocycles. The van der Waals surface area contributed by atoms with Gasteiger partial charge in [-0.2, -0.15) is 5.10 Å². The first kappa shape index (κ1) is 15.5. The molecule has 1 aliphatic rings. The van der Waals surface area contributed by atoms with Crippen molar-refractivity contribution in [3.8, 4) is 5.69 Å². The van der Waals surface area contributed by atoms with E-state index in [4.69, 9.17) is 0 Å². The van der Waals surface area contributed by atoms with Crippen molar-refractivity contribution in [1.82, 2.24) is 20.4 Å². The number of carbonyl (C=O) groups is 1. The lowest BCUT2D eigenvalue weighted by molar-refractivity contribution is 0.0930. The van der Waals surface area contributed by atoms with Gasteiger partial charge in [-0.3, -0.25) is 4.79 Å². The first-order valence-corrected chi connectivity index (χ1v) is 6.95. The van der Waals surface area contributed by atoms with E-state index in [9.17, 15) is 4.79 Å². The molecule has 112 valence electrons. The second kappa shape index (κ2) is 7.24. The van der Waals surface area contributed by atoms with Crippen LogP contribution in [0.3, 0.4) is 0 Å². The number of para-hydroxylation sites is 1. The lowest BCUT2D eigenvalue weighted by Gasteiger charge is -2.24. The highest BCUT2D eigenvalue weighted by atomic mass is 35.5. The summed E-state index contributed by atoms with van der Waals surface area (Å²) in [4.78, 5) is 12.4. The van der Waals surface area contributed by atoms with E-state index in [0.29, 0.717) is 5.56 Å². The Morgan fingerprint density at radius 3 is 2.90 bits per heavy atom. The number of rotatable bonds is 3. The van der Waals surface area contributed by atoms with Crippen molar-refractivity contribution in [2.24, 2.45) is 0 Å². The summed E-state index contributed by atoms with van der Waals surface area (Å²) in [5.41, 5.74) is 1.46. The molecule has 0 bridgehead atoms. The van der Waals surface area contributed by atoms with Gasteiger partial charge < -0.3 is 10.6 Å². The first-order chi connectivity index (χ1) is 9.84. The smallest absolute Gasteiger partial charge is 0.253 e. The van der Waals surface area contributed by atoms with Crippen LogP contribution in [0.5, 0.6) is 0 Å². The Balaban J connectivity index is 0.00000161. The van der Waals surface area contributed by atoms with E-state index in [0.717, 1.165) is 31.6 Å². The number of nitrogens with zero attached hydrogens (tertiary/aromatic N) is 2. The Bertz CT molecular complexity index is 579. The molecule has 2 aromatic rings. The minimum Gasteiger partial charge on any atom is -0.348 e. The van der Waals surface area contributed by atoms with Crippen molar-refractivity contribution < 1.29 is 4.79 Å². The number of aromatic nitrogens is 2. The molecule has 1 aromatic heterocycles. The molecule has 0 aliphatic carbocycles. The second-order valence-corrected chi connectivity index (χ2v) is 4.98. The molecule has 0 radical (unpaired) electrons. The highest BCUT2D eigenvalue weighted by molar-refractivity contribution is 5.97. The van der Waals surface area contributed by atoms with Crippen LogP contribution in [0.25, 0.3) is 5.69 Å². The fourth-order valence-corrected chi connectivity index (χ4v) is 2.51. The summed E-state index contributed by atoms with van der Waals surface area (Å²) in [6.07, 6.45) is 5.68. The van der Waals surface area contributed by atoms with Gasteiger partial charge in [0.25, 0.3) is 5.91 Å². The zero-order valence-electron chi connectivity index (χ0n) is 11.7. The molecule has 21 heavy (non-hydrogen) atoms. The van der Waals surface area contributed by atoms with Crippen LogP contribution in [0, 0.1) is 0 Å². The molecule has 0 spiro atoms. The SMILES string of the molecule is Cl.O=C(N[C@H]1CCCNC1)c1ccccc1-n1cccn1. The Hall–Kier alpha value is -1.85. The van der Waals surface area contributed by atoms with Gasteiger partial charge >= 0.3 is 0 Å². The maximum atomic E-state index is 12.4. The third-order valence-corrected chi connectivity index (χ3v) is 3.53. The van der Waals surface area contributed by atoms with E-state index in [2.05, 4.69) is 15.7 Å². The van der Waals surface area contributed by atoms with Crippen LogP contribution in [-0.2, 0) is 0 Å². The molecule has 0 saturated carbocycles. The summed E-state index contributed by atoms with van der Waals surface area (Å²) in [5, 5.41) is 10.6. The normalized spacial score (nSPS) is 17.8. The maximum absolute atomic E-state index is 12.4. The second-order valence-electron chi connectivity index (χ2n) is 4.98. The molecular weight excluding hydrogens is 288 g/mol. The maximum Gasteiger partial charge on any atom is 0.253 e. The fraction of sp³-hybridized carbons (Fsp3) is 0.333. The van der Waals surface area contributed by atoms with Crippen LogP contribution >= 0.6 is 12.4 Å². The van der Waals surface area contributed by atoms with Crippen molar-refractivity contribution in [3.05, 3.63) is 48.3 Å². The van der Waals surface area contributed by atoms with Crippen LogP contribution in [0.4, 0.5) is 0 Å². The molecule has 6 heteroatoms. The average molecular weight is 307 g/mol. The number of amides is 1. The Kier molecular flexibility index (Phi) is 5.36. The van der Waals surface area contributed by atoms with E-state index in [1.165, 1.54) is 0 Å². The lowest BCUT2D eigenvalue weighted by Crippen LogP contribution is -2.45. The average Bonchev–Trinajstić information content (AvgIpc) is 3.02. The summed E-state index contributed by atoms with van der Waals surface area (Å²) >= 11 is 0. The third-order valence-electron chi connectivity index (χ3n) is 3.53. The molecule has 1 fully saturated rings. The van der Waals surface area contributed by atoms with Gasteiger partial charge in [0.05, 0.1) is 11.3 Å². The highest BCUT2D eigenvalue weighted by Crippen LogP contribution is 2.14. The molecule has 1 saturated heterocycles.